The zero-order valence-corrected chi connectivity index (χ0v) is 17.8. The van der Waals surface area contributed by atoms with Gasteiger partial charge in [-0.1, -0.05) is 42.5 Å². The molecule has 0 bridgehead atoms. The first kappa shape index (κ1) is 22.4. The Morgan fingerprint density at radius 2 is 1.66 bits per heavy atom. The second-order valence-corrected chi connectivity index (χ2v) is 8.70. The molecule has 32 heavy (non-hydrogen) atoms. The number of hydrogen-bond donors (Lipinski definition) is 1. The molecule has 1 aliphatic carbocycles. The molecule has 2 aromatic rings. The van der Waals surface area contributed by atoms with Crippen LogP contribution >= 0.6 is 0 Å². The first-order valence-corrected chi connectivity index (χ1v) is 11.1. The standard InChI is InChI=1S/C25H27F3N2O2/c26-25(27,28)21-8-4-7-19(15-21)22-12-11-20(16-30(22)24(32)18-9-10-18)23(31)29-14-13-17-5-2-1-3-6-17/h1-8,15,18,20,22H,9-14,16H2,(H,29,31)/t20-,22+/m0/s1. The van der Waals surface area contributed by atoms with E-state index in [-0.39, 0.29) is 30.2 Å². The van der Waals surface area contributed by atoms with Gasteiger partial charge in [0, 0.05) is 19.0 Å². The number of alkyl halides is 3. The van der Waals surface area contributed by atoms with Crippen LogP contribution in [0.2, 0.25) is 0 Å². The number of amides is 2. The number of hydrogen-bond acceptors (Lipinski definition) is 2. The summed E-state index contributed by atoms with van der Waals surface area (Å²) in [5, 5.41) is 2.96. The summed E-state index contributed by atoms with van der Waals surface area (Å²) >= 11 is 0. The first-order chi connectivity index (χ1) is 15.3. The van der Waals surface area contributed by atoms with Crippen LogP contribution in [-0.2, 0) is 22.2 Å². The largest absolute Gasteiger partial charge is 0.416 e. The van der Waals surface area contributed by atoms with Crippen molar-refractivity contribution < 1.29 is 22.8 Å². The van der Waals surface area contributed by atoms with E-state index in [1.807, 2.05) is 30.3 Å². The summed E-state index contributed by atoms with van der Waals surface area (Å²) in [6, 6.07) is 14.6. The first-order valence-electron chi connectivity index (χ1n) is 11.1. The smallest absolute Gasteiger partial charge is 0.355 e. The van der Waals surface area contributed by atoms with Crippen LogP contribution in [0.25, 0.3) is 0 Å². The number of carbonyl (C=O) groups is 2. The van der Waals surface area contributed by atoms with Crippen molar-refractivity contribution in [1.29, 1.82) is 0 Å². The molecule has 2 amide bonds. The molecule has 170 valence electrons. The third-order valence-corrected chi connectivity index (χ3v) is 6.32. The highest BCUT2D eigenvalue weighted by atomic mass is 19.4. The number of benzene rings is 2. The number of nitrogens with zero attached hydrogens (tertiary/aromatic N) is 1. The van der Waals surface area contributed by atoms with E-state index in [4.69, 9.17) is 0 Å². The van der Waals surface area contributed by atoms with Gasteiger partial charge in [0.2, 0.25) is 11.8 Å². The van der Waals surface area contributed by atoms with E-state index in [1.54, 1.807) is 11.0 Å². The Hall–Kier alpha value is -2.83. The van der Waals surface area contributed by atoms with E-state index < -0.39 is 17.8 Å². The van der Waals surface area contributed by atoms with E-state index in [1.165, 1.54) is 6.07 Å². The van der Waals surface area contributed by atoms with E-state index in [2.05, 4.69) is 5.32 Å². The Morgan fingerprint density at radius 1 is 0.938 bits per heavy atom. The highest BCUT2D eigenvalue weighted by Crippen LogP contribution is 2.40. The van der Waals surface area contributed by atoms with Crippen LogP contribution in [0.4, 0.5) is 13.2 Å². The summed E-state index contributed by atoms with van der Waals surface area (Å²) in [4.78, 5) is 27.4. The maximum atomic E-state index is 13.2. The maximum Gasteiger partial charge on any atom is 0.416 e. The minimum absolute atomic E-state index is 0.0470. The molecule has 4 rings (SSSR count). The molecule has 7 heteroatoms. The predicted molar refractivity (Wildman–Crippen MR) is 115 cm³/mol. The second-order valence-electron chi connectivity index (χ2n) is 8.70. The third-order valence-electron chi connectivity index (χ3n) is 6.32. The minimum Gasteiger partial charge on any atom is -0.355 e. The van der Waals surface area contributed by atoms with Crippen LogP contribution in [0.15, 0.2) is 54.6 Å². The third kappa shape index (κ3) is 5.31. The zero-order valence-electron chi connectivity index (χ0n) is 17.8. The summed E-state index contributed by atoms with van der Waals surface area (Å²) in [7, 11) is 0. The highest BCUT2D eigenvalue weighted by Gasteiger charge is 2.41. The summed E-state index contributed by atoms with van der Waals surface area (Å²) in [5.41, 5.74) is 0.901. The number of likely N-dealkylation sites (tertiary alicyclic amines) is 1. The number of piperidine rings is 1. The van der Waals surface area contributed by atoms with Crippen LogP contribution in [-0.4, -0.2) is 29.8 Å². The van der Waals surface area contributed by atoms with Crippen molar-refractivity contribution in [3.63, 3.8) is 0 Å². The Morgan fingerprint density at radius 3 is 2.34 bits per heavy atom. The zero-order chi connectivity index (χ0) is 22.7. The minimum atomic E-state index is -4.43. The SMILES string of the molecule is O=C(NCCc1ccccc1)[C@H]1CC[C@H](c2cccc(C(F)(F)F)c2)N(C(=O)C2CC2)C1. The molecule has 1 heterocycles. The fourth-order valence-corrected chi connectivity index (χ4v) is 4.38. The molecule has 0 spiro atoms. The topological polar surface area (TPSA) is 49.4 Å². The average Bonchev–Trinajstić information content (AvgIpc) is 3.64. The highest BCUT2D eigenvalue weighted by molar-refractivity contribution is 5.84. The van der Waals surface area contributed by atoms with Crippen molar-refractivity contribution in [2.45, 2.75) is 44.3 Å². The second kappa shape index (κ2) is 9.35. The molecule has 1 N–H and O–H groups in total. The molecule has 2 atom stereocenters. The van der Waals surface area contributed by atoms with Crippen molar-refractivity contribution in [1.82, 2.24) is 10.2 Å². The molecule has 1 aliphatic heterocycles. The number of carbonyl (C=O) groups excluding carboxylic acids is 2. The monoisotopic (exact) mass is 444 g/mol. The van der Waals surface area contributed by atoms with Crippen LogP contribution in [0.3, 0.4) is 0 Å². The van der Waals surface area contributed by atoms with Crippen LogP contribution in [0, 0.1) is 11.8 Å². The fourth-order valence-electron chi connectivity index (χ4n) is 4.38. The van der Waals surface area contributed by atoms with Crippen molar-refractivity contribution in [3.05, 3.63) is 71.3 Å². The molecule has 4 nitrogen and oxygen atoms in total. The maximum absolute atomic E-state index is 13.2. The Bertz CT molecular complexity index is 957. The van der Waals surface area contributed by atoms with Crippen LogP contribution in [0.1, 0.15) is 48.4 Å². The van der Waals surface area contributed by atoms with Gasteiger partial charge >= 0.3 is 6.18 Å². The predicted octanol–water partition coefficient (Wildman–Crippen LogP) is 4.75. The van der Waals surface area contributed by atoms with Gasteiger partial charge in [-0.15, -0.1) is 0 Å². The van der Waals surface area contributed by atoms with Crippen molar-refractivity contribution in [3.8, 4) is 0 Å². The fraction of sp³-hybridized carbons (Fsp3) is 0.440. The van der Waals surface area contributed by atoms with Crippen LogP contribution < -0.4 is 5.32 Å². The molecule has 2 aliphatic rings. The van der Waals surface area contributed by atoms with Gasteiger partial charge in [-0.3, -0.25) is 9.59 Å². The molecule has 2 fully saturated rings. The number of rotatable bonds is 6. The van der Waals surface area contributed by atoms with Gasteiger partial charge in [-0.2, -0.15) is 13.2 Å². The Kier molecular flexibility index (Phi) is 6.53. The van der Waals surface area contributed by atoms with Crippen molar-refractivity contribution >= 4 is 11.8 Å². The molecule has 0 radical (unpaired) electrons. The van der Waals surface area contributed by atoms with Gasteiger partial charge in [0.25, 0.3) is 0 Å². The van der Waals surface area contributed by atoms with E-state index in [9.17, 15) is 22.8 Å². The molecular weight excluding hydrogens is 417 g/mol. The summed E-state index contributed by atoms with van der Waals surface area (Å²) < 4.78 is 39.6. The molecule has 1 saturated heterocycles. The van der Waals surface area contributed by atoms with E-state index >= 15 is 0 Å². The molecule has 2 aromatic carbocycles. The van der Waals surface area contributed by atoms with Gasteiger partial charge in [-0.05, 0) is 55.4 Å². The van der Waals surface area contributed by atoms with Crippen LogP contribution in [0.5, 0.6) is 0 Å². The molecule has 0 aromatic heterocycles. The van der Waals surface area contributed by atoms with Gasteiger partial charge in [0.1, 0.15) is 0 Å². The Labute approximate surface area is 185 Å². The lowest BCUT2D eigenvalue weighted by atomic mass is 9.87. The molecule has 0 unspecified atom stereocenters. The molecular formula is C25H27F3N2O2. The lowest BCUT2D eigenvalue weighted by Crippen LogP contribution is -2.47. The van der Waals surface area contributed by atoms with Crippen molar-refractivity contribution in [2.24, 2.45) is 11.8 Å². The average molecular weight is 444 g/mol. The van der Waals surface area contributed by atoms with Gasteiger partial charge in [-0.25, -0.2) is 0 Å². The summed E-state index contributed by atoms with van der Waals surface area (Å²) in [6.07, 6.45) is -1.10. The lowest BCUT2D eigenvalue weighted by Gasteiger charge is -2.40. The Balaban J connectivity index is 1.44. The number of halogens is 3. The van der Waals surface area contributed by atoms with E-state index in [0.717, 1.165) is 37.0 Å². The van der Waals surface area contributed by atoms with Gasteiger partial charge < -0.3 is 10.2 Å². The van der Waals surface area contributed by atoms with Gasteiger partial charge in [0.05, 0.1) is 17.5 Å². The molecule has 1 saturated carbocycles. The number of nitrogens with one attached hydrogen (secondary N) is 1. The van der Waals surface area contributed by atoms with Crippen molar-refractivity contribution in [2.75, 3.05) is 13.1 Å². The van der Waals surface area contributed by atoms with E-state index in [0.29, 0.717) is 24.9 Å². The summed E-state index contributed by atoms with van der Waals surface area (Å²) in [6.45, 7) is 0.750. The summed E-state index contributed by atoms with van der Waals surface area (Å²) in [5.74, 6) is -0.565. The normalized spacial score (nSPS) is 21.3. The quantitative estimate of drug-likeness (QED) is 0.699. The van der Waals surface area contributed by atoms with Gasteiger partial charge in [0.15, 0.2) is 0 Å². The lowest BCUT2D eigenvalue weighted by molar-refractivity contribution is -0.140.